The third-order valence-electron chi connectivity index (χ3n) is 5.86. The molecule has 0 bridgehead atoms. The second-order valence-corrected chi connectivity index (χ2v) is 7.94. The number of aromatic amines is 2. The number of rotatable bonds is 5. The van der Waals surface area contributed by atoms with Crippen molar-refractivity contribution in [2.24, 2.45) is 0 Å². The molecule has 0 saturated heterocycles. The van der Waals surface area contributed by atoms with Crippen molar-refractivity contribution in [3.05, 3.63) is 78.6 Å². The number of H-pyrrole nitrogens is 2. The Hall–Kier alpha value is -4.00. The van der Waals surface area contributed by atoms with Gasteiger partial charge in [0.2, 0.25) is 0 Å². The fourth-order valence-electron chi connectivity index (χ4n) is 4.12. The standard InChI is InChI=1S/C24H20N6O/c31-24(30(16-3-4-16)14-15-2-1-7-25-11-15)20-13-29-22-10-21(28-12-19(20)22)17-5-8-26-23-18(17)6-9-27-23/h1-2,5-13,16,29H,3-4,14H2,(H,26,27). The molecule has 1 aliphatic rings. The Bertz CT molecular complexity index is 1400. The van der Waals surface area contributed by atoms with Crippen molar-refractivity contribution < 1.29 is 4.79 Å². The fourth-order valence-corrected chi connectivity index (χ4v) is 4.12. The molecule has 7 heteroatoms. The zero-order valence-electron chi connectivity index (χ0n) is 16.7. The highest BCUT2D eigenvalue weighted by molar-refractivity contribution is 6.07. The Kier molecular flexibility index (Phi) is 4.06. The van der Waals surface area contributed by atoms with E-state index >= 15 is 0 Å². The van der Waals surface area contributed by atoms with Crippen molar-refractivity contribution in [3.8, 4) is 11.3 Å². The fraction of sp³-hybridized carbons (Fsp3) is 0.167. The maximum absolute atomic E-state index is 13.4. The second kappa shape index (κ2) is 7.05. The number of carbonyl (C=O) groups excluding carboxylic acids is 1. The molecule has 31 heavy (non-hydrogen) atoms. The van der Waals surface area contributed by atoms with Gasteiger partial charge in [0.05, 0.1) is 11.3 Å². The van der Waals surface area contributed by atoms with Crippen LogP contribution in [0.1, 0.15) is 28.8 Å². The Morgan fingerprint density at radius 2 is 2.00 bits per heavy atom. The first-order chi connectivity index (χ1) is 15.3. The third-order valence-corrected chi connectivity index (χ3v) is 5.86. The highest BCUT2D eigenvalue weighted by atomic mass is 16.2. The third kappa shape index (κ3) is 3.15. The van der Waals surface area contributed by atoms with Gasteiger partial charge in [-0.15, -0.1) is 0 Å². The lowest BCUT2D eigenvalue weighted by Crippen LogP contribution is -2.32. The molecule has 1 fully saturated rings. The van der Waals surface area contributed by atoms with Gasteiger partial charge in [-0.05, 0) is 42.7 Å². The van der Waals surface area contributed by atoms with Gasteiger partial charge >= 0.3 is 0 Å². The Morgan fingerprint density at radius 1 is 1.06 bits per heavy atom. The van der Waals surface area contributed by atoms with Crippen LogP contribution in [0.2, 0.25) is 0 Å². The molecule has 0 unspecified atom stereocenters. The van der Waals surface area contributed by atoms with E-state index in [1.165, 1.54) is 0 Å². The molecule has 152 valence electrons. The van der Waals surface area contributed by atoms with Crippen LogP contribution in [0.25, 0.3) is 33.2 Å². The summed E-state index contributed by atoms with van der Waals surface area (Å²) < 4.78 is 0. The number of hydrogen-bond donors (Lipinski definition) is 2. The first-order valence-corrected chi connectivity index (χ1v) is 10.4. The molecule has 7 nitrogen and oxygen atoms in total. The van der Waals surface area contributed by atoms with E-state index in [1.54, 1.807) is 24.8 Å². The van der Waals surface area contributed by atoms with Gasteiger partial charge in [0.1, 0.15) is 5.65 Å². The summed E-state index contributed by atoms with van der Waals surface area (Å²) in [5.74, 6) is 0.0316. The summed E-state index contributed by atoms with van der Waals surface area (Å²) in [4.78, 5) is 35.0. The van der Waals surface area contributed by atoms with Crippen LogP contribution in [-0.4, -0.2) is 41.8 Å². The quantitative estimate of drug-likeness (QED) is 0.453. The van der Waals surface area contributed by atoms with Gasteiger partial charge in [0.25, 0.3) is 5.91 Å². The summed E-state index contributed by atoms with van der Waals surface area (Å²) in [6.07, 6.45) is 12.9. The molecule has 5 aromatic rings. The minimum Gasteiger partial charge on any atom is -0.360 e. The Balaban J connectivity index is 1.36. The molecule has 2 N–H and O–H groups in total. The van der Waals surface area contributed by atoms with Crippen molar-refractivity contribution in [2.75, 3.05) is 0 Å². The normalized spacial score (nSPS) is 13.7. The van der Waals surface area contributed by atoms with Crippen molar-refractivity contribution in [3.63, 3.8) is 0 Å². The molecule has 5 heterocycles. The van der Waals surface area contributed by atoms with Crippen LogP contribution in [-0.2, 0) is 6.54 Å². The predicted octanol–water partition coefficient (Wildman–Crippen LogP) is 4.31. The van der Waals surface area contributed by atoms with E-state index in [9.17, 15) is 4.79 Å². The Labute approximate surface area is 178 Å². The average Bonchev–Trinajstić information content (AvgIpc) is 3.37. The summed E-state index contributed by atoms with van der Waals surface area (Å²) in [6, 6.07) is 10.2. The second-order valence-electron chi connectivity index (χ2n) is 7.94. The van der Waals surface area contributed by atoms with Crippen molar-refractivity contribution in [2.45, 2.75) is 25.4 Å². The van der Waals surface area contributed by atoms with Crippen molar-refractivity contribution in [1.29, 1.82) is 0 Å². The maximum atomic E-state index is 13.4. The van der Waals surface area contributed by atoms with Gasteiger partial charge in [-0.3, -0.25) is 14.8 Å². The van der Waals surface area contributed by atoms with Crippen molar-refractivity contribution in [1.82, 2.24) is 29.8 Å². The lowest BCUT2D eigenvalue weighted by Gasteiger charge is -2.22. The molecule has 0 aliphatic heterocycles. The van der Waals surface area contributed by atoms with Gasteiger partial charge in [-0.1, -0.05) is 6.07 Å². The van der Waals surface area contributed by atoms with Crippen LogP contribution in [0.4, 0.5) is 0 Å². The maximum Gasteiger partial charge on any atom is 0.256 e. The summed E-state index contributed by atoms with van der Waals surface area (Å²) in [6.45, 7) is 0.567. The van der Waals surface area contributed by atoms with Crippen LogP contribution in [0.5, 0.6) is 0 Å². The zero-order chi connectivity index (χ0) is 20.8. The molecule has 0 radical (unpaired) electrons. The molecule has 5 aromatic heterocycles. The van der Waals surface area contributed by atoms with Crippen LogP contribution >= 0.6 is 0 Å². The van der Waals surface area contributed by atoms with E-state index in [-0.39, 0.29) is 5.91 Å². The summed E-state index contributed by atoms with van der Waals surface area (Å²) in [5.41, 5.74) is 5.27. The first-order valence-electron chi connectivity index (χ1n) is 10.4. The number of amides is 1. The van der Waals surface area contributed by atoms with Gasteiger partial charge in [-0.2, -0.15) is 0 Å². The van der Waals surface area contributed by atoms with E-state index in [2.05, 4.69) is 24.9 Å². The SMILES string of the molecule is O=C(c1c[nH]c2cc(-c3ccnc4[nH]ccc34)ncc12)N(Cc1cccnc1)C1CC1. The van der Waals surface area contributed by atoms with E-state index in [4.69, 9.17) is 0 Å². The molecule has 1 aliphatic carbocycles. The van der Waals surface area contributed by atoms with E-state index in [1.807, 2.05) is 47.6 Å². The molecule has 1 saturated carbocycles. The molecular formula is C24H20N6O. The van der Waals surface area contributed by atoms with Gasteiger partial charge < -0.3 is 14.9 Å². The van der Waals surface area contributed by atoms with Crippen LogP contribution in [0, 0.1) is 0 Å². The van der Waals surface area contributed by atoms with Crippen LogP contribution in [0.3, 0.4) is 0 Å². The van der Waals surface area contributed by atoms with Crippen molar-refractivity contribution >= 4 is 27.8 Å². The first kappa shape index (κ1) is 17.8. The number of aromatic nitrogens is 5. The monoisotopic (exact) mass is 408 g/mol. The topological polar surface area (TPSA) is 90.6 Å². The summed E-state index contributed by atoms with van der Waals surface area (Å²) >= 11 is 0. The Morgan fingerprint density at radius 3 is 2.84 bits per heavy atom. The lowest BCUT2D eigenvalue weighted by molar-refractivity contribution is 0.0732. The van der Waals surface area contributed by atoms with Crippen LogP contribution < -0.4 is 0 Å². The summed E-state index contributed by atoms with van der Waals surface area (Å²) in [5, 5.41) is 1.86. The minimum absolute atomic E-state index is 0.0316. The smallest absolute Gasteiger partial charge is 0.256 e. The summed E-state index contributed by atoms with van der Waals surface area (Å²) in [7, 11) is 0. The van der Waals surface area contributed by atoms with Gasteiger partial charge in [0, 0.05) is 71.6 Å². The minimum atomic E-state index is 0.0316. The van der Waals surface area contributed by atoms with E-state index < -0.39 is 0 Å². The number of pyridine rings is 3. The predicted molar refractivity (Wildman–Crippen MR) is 118 cm³/mol. The van der Waals surface area contributed by atoms with Gasteiger partial charge in [0.15, 0.2) is 0 Å². The largest absolute Gasteiger partial charge is 0.360 e. The van der Waals surface area contributed by atoms with E-state index in [0.29, 0.717) is 18.2 Å². The molecule has 0 aromatic carbocycles. The highest BCUT2D eigenvalue weighted by Crippen LogP contribution is 2.32. The number of fused-ring (bicyclic) bond motifs is 2. The highest BCUT2D eigenvalue weighted by Gasteiger charge is 2.34. The number of carbonyl (C=O) groups is 1. The van der Waals surface area contributed by atoms with Crippen LogP contribution in [0.15, 0.2) is 67.5 Å². The zero-order valence-corrected chi connectivity index (χ0v) is 16.7. The molecule has 6 rings (SSSR count). The number of hydrogen-bond acceptors (Lipinski definition) is 4. The lowest BCUT2D eigenvalue weighted by atomic mass is 10.1. The number of nitrogens with one attached hydrogen (secondary N) is 2. The average molecular weight is 408 g/mol. The molecule has 0 atom stereocenters. The molecule has 0 spiro atoms. The molecule has 1 amide bonds. The number of nitrogens with zero attached hydrogens (tertiary/aromatic N) is 4. The van der Waals surface area contributed by atoms with E-state index in [0.717, 1.165) is 51.6 Å². The van der Waals surface area contributed by atoms with Gasteiger partial charge in [-0.25, -0.2) is 4.98 Å². The molecular weight excluding hydrogens is 388 g/mol.